The molecule has 0 spiro atoms. The Bertz CT molecular complexity index is 1480. The standard InChI is InChI=1S/C30H24ClN3O4/c1-36-23-14-20(15-24(37-2)29(23)38-3)26-27(28(35)18-7-5-4-6-8-18)34-22-11-10-21(31)13-19(22)9-12-25(34)30(26,16-32)17-33/h4-15,25-27H,1-3H3/t25-,26-,27+/m1/s1. The first kappa shape index (κ1) is 25.2. The molecule has 1 fully saturated rings. The Morgan fingerprint density at radius 3 is 2.18 bits per heavy atom. The number of benzene rings is 3. The van der Waals surface area contributed by atoms with E-state index in [-0.39, 0.29) is 5.78 Å². The molecule has 0 N–H and O–H groups in total. The van der Waals surface area contributed by atoms with Crippen LogP contribution in [-0.4, -0.2) is 39.2 Å². The summed E-state index contributed by atoms with van der Waals surface area (Å²) in [5.41, 5.74) is 0.935. The summed E-state index contributed by atoms with van der Waals surface area (Å²) < 4.78 is 16.7. The van der Waals surface area contributed by atoms with Crippen molar-refractivity contribution in [3.05, 3.63) is 88.5 Å². The molecule has 3 atom stereocenters. The summed E-state index contributed by atoms with van der Waals surface area (Å²) in [6.07, 6.45) is 3.67. The highest BCUT2D eigenvalue weighted by molar-refractivity contribution is 6.30. The van der Waals surface area contributed by atoms with Crippen LogP contribution in [0.5, 0.6) is 17.2 Å². The molecule has 0 aliphatic carbocycles. The fourth-order valence-electron chi connectivity index (χ4n) is 5.69. The number of ketones is 1. The van der Waals surface area contributed by atoms with E-state index in [2.05, 4.69) is 12.1 Å². The van der Waals surface area contributed by atoms with Crippen molar-refractivity contribution in [2.75, 3.05) is 26.2 Å². The van der Waals surface area contributed by atoms with Crippen LogP contribution in [0.1, 0.15) is 27.4 Å². The highest BCUT2D eigenvalue weighted by atomic mass is 35.5. The number of fused-ring (bicyclic) bond motifs is 3. The van der Waals surface area contributed by atoms with Gasteiger partial charge in [-0.25, -0.2) is 0 Å². The maximum absolute atomic E-state index is 14.3. The number of nitrogens with zero attached hydrogens (tertiary/aromatic N) is 3. The van der Waals surface area contributed by atoms with Crippen LogP contribution in [0.2, 0.25) is 5.02 Å². The molecule has 0 bridgehead atoms. The summed E-state index contributed by atoms with van der Waals surface area (Å²) in [5, 5.41) is 21.8. The Balaban J connectivity index is 1.82. The van der Waals surface area contributed by atoms with E-state index >= 15 is 0 Å². The van der Waals surface area contributed by atoms with Gasteiger partial charge in [0.1, 0.15) is 6.04 Å². The summed E-state index contributed by atoms with van der Waals surface area (Å²) >= 11 is 6.28. The van der Waals surface area contributed by atoms with Crippen molar-refractivity contribution in [3.63, 3.8) is 0 Å². The molecule has 0 radical (unpaired) electrons. The summed E-state index contributed by atoms with van der Waals surface area (Å²) in [7, 11) is 4.49. The smallest absolute Gasteiger partial charge is 0.203 e. The lowest BCUT2D eigenvalue weighted by atomic mass is 9.69. The van der Waals surface area contributed by atoms with Gasteiger partial charge in [-0.05, 0) is 41.5 Å². The second-order valence-electron chi connectivity index (χ2n) is 9.12. The number of carbonyl (C=O) groups is 1. The van der Waals surface area contributed by atoms with Gasteiger partial charge in [-0.2, -0.15) is 10.5 Å². The Morgan fingerprint density at radius 2 is 1.61 bits per heavy atom. The molecule has 0 amide bonds. The molecule has 3 aromatic rings. The highest BCUT2D eigenvalue weighted by Gasteiger charge is 2.63. The molecule has 1 saturated heterocycles. The molecule has 2 aliphatic rings. The van der Waals surface area contributed by atoms with Gasteiger partial charge in [0.05, 0.1) is 39.5 Å². The number of anilines is 1. The Labute approximate surface area is 226 Å². The van der Waals surface area contributed by atoms with E-state index in [1.165, 1.54) is 21.3 Å². The van der Waals surface area contributed by atoms with Crippen molar-refractivity contribution in [2.24, 2.45) is 5.41 Å². The Morgan fingerprint density at radius 1 is 0.947 bits per heavy atom. The van der Waals surface area contributed by atoms with Crippen LogP contribution in [0.3, 0.4) is 0 Å². The van der Waals surface area contributed by atoms with Gasteiger partial charge in [0.15, 0.2) is 22.7 Å². The van der Waals surface area contributed by atoms with E-state index < -0.39 is 23.4 Å². The predicted molar refractivity (Wildman–Crippen MR) is 144 cm³/mol. The van der Waals surface area contributed by atoms with Crippen molar-refractivity contribution in [1.29, 1.82) is 10.5 Å². The third-order valence-electron chi connectivity index (χ3n) is 7.34. The summed E-state index contributed by atoms with van der Waals surface area (Å²) in [5.74, 6) is 0.0307. The number of hydrogen-bond acceptors (Lipinski definition) is 7. The fourth-order valence-corrected chi connectivity index (χ4v) is 5.87. The molecular formula is C30H24ClN3O4. The van der Waals surface area contributed by atoms with E-state index in [4.69, 9.17) is 25.8 Å². The lowest BCUT2D eigenvalue weighted by molar-refractivity contribution is 0.0950. The van der Waals surface area contributed by atoms with Crippen molar-refractivity contribution >= 4 is 29.1 Å². The third-order valence-corrected chi connectivity index (χ3v) is 7.58. The minimum Gasteiger partial charge on any atom is -0.493 e. The summed E-state index contributed by atoms with van der Waals surface area (Å²) in [6.45, 7) is 0. The van der Waals surface area contributed by atoms with Gasteiger partial charge in [-0.1, -0.05) is 54.1 Å². The molecule has 190 valence electrons. The number of rotatable bonds is 6. The maximum Gasteiger partial charge on any atom is 0.203 e. The van der Waals surface area contributed by atoms with E-state index in [1.807, 2.05) is 29.2 Å². The average molecular weight is 526 g/mol. The van der Waals surface area contributed by atoms with Crippen molar-refractivity contribution in [1.82, 2.24) is 0 Å². The molecule has 0 aromatic heterocycles. The predicted octanol–water partition coefficient (Wildman–Crippen LogP) is 5.65. The van der Waals surface area contributed by atoms with Crippen molar-refractivity contribution < 1.29 is 19.0 Å². The fraction of sp³-hybridized carbons (Fsp3) is 0.233. The normalized spacial score (nSPS) is 20.5. The van der Waals surface area contributed by atoms with Crippen molar-refractivity contribution in [2.45, 2.75) is 18.0 Å². The molecule has 3 aromatic carbocycles. The van der Waals surface area contributed by atoms with Crippen LogP contribution in [0, 0.1) is 28.1 Å². The molecular weight excluding hydrogens is 502 g/mol. The second-order valence-corrected chi connectivity index (χ2v) is 9.55. The minimum absolute atomic E-state index is 0.210. The number of halogens is 1. The van der Waals surface area contributed by atoms with Gasteiger partial charge < -0.3 is 19.1 Å². The monoisotopic (exact) mass is 525 g/mol. The van der Waals surface area contributed by atoms with Crippen LogP contribution in [-0.2, 0) is 0 Å². The lowest BCUT2D eigenvalue weighted by Gasteiger charge is -2.35. The number of carbonyl (C=O) groups excluding carboxylic acids is 1. The van der Waals surface area contributed by atoms with E-state index in [9.17, 15) is 15.3 Å². The Kier molecular flexibility index (Phi) is 6.48. The maximum atomic E-state index is 14.3. The van der Waals surface area contributed by atoms with Gasteiger partial charge in [0, 0.05) is 22.2 Å². The molecule has 7 nitrogen and oxygen atoms in total. The zero-order valence-corrected chi connectivity index (χ0v) is 21.8. The van der Waals surface area contributed by atoms with Crippen LogP contribution >= 0.6 is 11.6 Å². The number of methoxy groups -OCH3 is 3. The van der Waals surface area contributed by atoms with Gasteiger partial charge in [-0.15, -0.1) is 0 Å². The summed E-state index contributed by atoms with van der Waals surface area (Å²) in [6, 6.07) is 20.7. The van der Waals surface area contributed by atoms with Crippen molar-refractivity contribution in [3.8, 4) is 29.4 Å². The molecule has 38 heavy (non-hydrogen) atoms. The largest absolute Gasteiger partial charge is 0.493 e. The quantitative estimate of drug-likeness (QED) is 0.384. The van der Waals surface area contributed by atoms with Crippen LogP contribution in [0.15, 0.2) is 66.7 Å². The van der Waals surface area contributed by atoms with Crippen LogP contribution in [0.4, 0.5) is 5.69 Å². The Hall–Kier alpha value is -4.46. The van der Waals surface area contributed by atoms with E-state index in [0.717, 1.165) is 11.3 Å². The van der Waals surface area contributed by atoms with Gasteiger partial charge in [0.25, 0.3) is 0 Å². The molecule has 2 heterocycles. The third kappa shape index (κ3) is 3.67. The number of nitriles is 2. The van der Waals surface area contributed by atoms with Gasteiger partial charge >= 0.3 is 0 Å². The van der Waals surface area contributed by atoms with E-state index in [0.29, 0.717) is 33.4 Å². The average Bonchev–Trinajstić information content (AvgIpc) is 3.27. The van der Waals surface area contributed by atoms with Crippen LogP contribution in [0.25, 0.3) is 6.08 Å². The van der Waals surface area contributed by atoms with Gasteiger partial charge in [0.2, 0.25) is 5.75 Å². The molecule has 0 unspecified atom stereocenters. The SMILES string of the molecule is COc1cc([C@@H]2[C@@H](C(=O)c3ccccc3)N3c4ccc(Cl)cc4C=C[C@@H]3C2(C#N)C#N)cc(OC)c1OC. The number of hydrogen-bond donors (Lipinski definition) is 0. The second kappa shape index (κ2) is 9.78. The first-order valence-electron chi connectivity index (χ1n) is 11.9. The number of ether oxygens (including phenoxy) is 3. The van der Waals surface area contributed by atoms with E-state index in [1.54, 1.807) is 48.5 Å². The zero-order valence-electron chi connectivity index (χ0n) is 21.0. The first-order chi connectivity index (χ1) is 18.4. The molecule has 2 aliphatic heterocycles. The lowest BCUT2D eigenvalue weighted by Crippen LogP contribution is -2.44. The molecule has 5 rings (SSSR count). The topological polar surface area (TPSA) is 95.6 Å². The molecule has 8 heteroatoms. The van der Waals surface area contributed by atoms with Crippen LogP contribution < -0.4 is 19.1 Å². The zero-order chi connectivity index (χ0) is 27.0. The minimum atomic E-state index is -1.62. The first-order valence-corrected chi connectivity index (χ1v) is 12.3. The molecule has 0 saturated carbocycles. The summed E-state index contributed by atoms with van der Waals surface area (Å²) in [4.78, 5) is 16.2. The number of Topliss-reactive ketones (excluding diaryl/α,β-unsaturated/α-hetero) is 1. The highest BCUT2D eigenvalue weighted by Crippen LogP contribution is 2.57. The van der Waals surface area contributed by atoms with Gasteiger partial charge in [-0.3, -0.25) is 4.79 Å².